The van der Waals surface area contributed by atoms with Crippen molar-refractivity contribution < 1.29 is 19.5 Å². The highest BCUT2D eigenvalue weighted by molar-refractivity contribution is 6.05. The lowest BCUT2D eigenvalue weighted by Gasteiger charge is -2.18. The van der Waals surface area contributed by atoms with Crippen LogP contribution in [0.4, 0.5) is 5.69 Å². The zero-order chi connectivity index (χ0) is 22.7. The predicted molar refractivity (Wildman–Crippen MR) is 121 cm³/mol. The summed E-state index contributed by atoms with van der Waals surface area (Å²) in [6, 6.07) is 20.8. The molecular weight excluding hydrogens is 406 g/mol. The number of imidazole rings is 1. The molecule has 0 aliphatic carbocycles. The molecule has 0 fully saturated rings. The Morgan fingerprint density at radius 1 is 0.969 bits per heavy atom. The summed E-state index contributed by atoms with van der Waals surface area (Å²) in [6.45, 7) is 1.47. The zero-order valence-corrected chi connectivity index (χ0v) is 17.4. The number of carboxylic acids is 1. The van der Waals surface area contributed by atoms with Gasteiger partial charge in [-0.15, -0.1) is 0 Å². The van der Waals surface area contributed by atoms with Crippen LogP contribution in [0.15, 0.2) is 79.1 Å². The summed E-state index contributed by atoms with van der Waals surface area (Å²) in [4.78, 5) is 39.9. The minimum Gasteiger partial charge on any atom is -0.481 e. The molecule has 1 amide bonds. The van der Waals surface area contributed by atoms with Gasteiger partial charge < -0.3 is 15.0 Å². The van der Waals surface area contributed by atoms with Crippen molar-refractivity contribution in [2.24, 2.45) is 0 Å². The van der Waals surface area contributed by atoms with Gasteiger partial charge in [-0.05, 0) is 42.8 Å². The number of rotatable bonds is 7. The fraction of sp³-hybridized carbons (Fsp3) is 0.120. The molecule has 7 heteroatoms. The minimum atomic E-state index is -0.902. The van der Waals surface area contributed by atoms with Crippen molar-refractivity contribution in [3.63, 3.8) is 0 Å². The number of nitrogens with zero attached hydrogens (tertiary/aromatic N) is 2. The molecular formula is C25H21N3O4. The van der Waals surface area contributed by atoms with E-state index in [0.717, 1.165) is 11.1 Å². The maximum Gasteiger partial charge on any atom is 0.305 e. The Labute approximate surface area is 184 Å². The van der Waals surface area contributed by atoms with Gasteiger partial charge in [-0.1, -0.05) is 42.5 Å². The van der Waals surface area contributed by atoms with Gasteiger partial charge in [0, 0.05) is 16.8 Å². The van der Waals surface area contributed by atoms with Gasteiger partial charge in [0.25, 0.3) is 5.91 Å². The number of carboxylic acid groups (broad SMARTS) is 1. The van der Waals surface area contributed by atoms with E-state index >= 15 is 0 Å². The number of aromatic nitrogens is 2. The third-order valence-electron chi connectivity index (χ3n) is 5.27. The molecule has 1 atom stereocenters. The van der Waals surface area contributed by atoms with Crippen LogP contribution in [0.25, 0.3) is 11.0 Å². The van der Waals surface area contributed by atoms with Crippen LogP contribution in [-0.2, 0) is 4.79 Å². The summed E-state index contributed by atoms with van der Waals surface area (Å²) < 4.78 is 1.84. The first-order chi connectivity index (χ1) is 15.4. The van der Waals surface area contributed by atoms with E-state index in [-0.39, 0.29) is 18.1 Å². The number of anilines is 1. The number of aliphatic carboxylic acids is 1. The predicted octanol–water partition coefficient (Wildman–Crippen LogP) is 4.56. The molecule has 32 heavy (non-hydrogen) atoms. The number of benzene rings is 3. The average molecular weight is 427 g/mol. The lowest BCUT2D eigenvalue weighted by Crippen LogP contribution is -2.14. The molecule has 1 unspecified atom stereocenters. The van der Waals surface area contributed by atoms with Gasteiger partial charge in [-0.3, -0.25) is 14.4 Å². The number of carbonyl (C=O) groups is 3. The molecule has 0 aliphatic rings. The van der Waals surface area contributed by atoms with Crippen molar-refractivity contribution in [2.75, 3.05) is 5.32 Å². The van der Waals surface area contributed by atoms with Crippen molar-refractivity contribution in [3.05, 3.63) is 95.8 Å². The monoisotopic (exact) mass is 427 g/mol. The second-order valence-corrected chi connectivity index (χ2v) is 7.47. The van der Waals surface area contributed by atoms with E-state index in [1.54, 1.807) is 42.7 Å². The van der Waals surface area contributed by atoms with Crippen LogP contribution in [0.2, 0.25) is 0 Å². The van der Waals surface area contributed by atoms with E-state index in [9.17, 15) is 19.5 Å². The van der Waals surface area contributed by atoms with Crippen LogP contribution in [-0.4, -0.2) is 32.3 Å². The molecule has 1 heterocycles. The van der Waals surface area contributed by atoms with Crippen molar-refractivity contribution in [3.8, 4) is 0 Å². The second-order valence-electron chi connectivity index (χ2n) is 7.47. The van der Waals surface area contributed by atoms with Gasteiger partial charge in [-0.25, -0.2) is 4.98 Å². The van der Waals surface area contributed by atoms with Gasteiger partial charge in [0.15, 0.2) is 5.78 Å². The number of ketones is 1. The molecule has 0 spiro atoms. The molecule has 0 radical (unpaired) electrons. The zero-order valence-electron chi connectivity index (χ0n) is 17.4. The molecule has 160 valence electrons. The van der Waals surface area contributed by atoms with E-state index in [4.69, 9.17) is 0 Å². The second kappa shape index (κ2) is 8.85. The molecule has 0 saturated heterocycles. The third-order valence-corrected chi connectivity index (χ3v) is 5.27. The SMILES string of the molecule is CC(=O)c1ccc(C(=O)Nc2ccc3c(c2)ncn3C(CC(=O)O)c2ccccc2)cc1. The van der Waals surface area contributed by atoms with Crippen LogP contribution in [0.5, 0.6) is 0 Å². The Morgan fingerprint density at radius 2 is 1.66 bits per heavy atom. The Hall–Kier alpha value is -4.26. The summed E-state index contributed by atoms with van der Waals surface area (Å²) in [7, 11) is 0. The number of nitrogens with one attached hydrogen (secondary N) is 1. The highest BCUT2D eigenvalue weighted by Gasteiger charge is 2.20. The van der Waals surface area contributed by atoms with Crippen LogP contribution in [0.3, 0.4) is 0 Å². The number of fused-ring (bicyclic) bond motifs is 1. The largest absolute Gasteiger partial charge is 0.481 e. The van der Waals surface area contributed by atoms with E-state index in [0.29, 0.717) is 22.3 Å². The summed E-state index contributed by atoms with van der Waals surface area (Å²) in [5, 5.41) is 12.2. The lowest BCUT2D eigenvalue weighted by atomic mass is 10.0. The van der Waals surface area contributed by atoms with Gasteiger partial charge in [0.1, 0.15) is 0 Å². The van der Waals surface area contributed by atoms with Crippen LogP contribution < -0.4 is 5.32 Å². The van der Waals surface area contributed by atoms with Crippen LogP contribution in [0.1, 0.15) is 45.7 Å². The standard InChI is InChI=1S/C25H21N3O4/c1-16(29)17-7-9-19(10-8-17)25(32)27-20-11-12-22-21(13-20)26-15-28(22)23(14-24(30)31)18-5-3-2-4-6-18/h2-13,15,23H,14H2,1H3,(H,27,32)(H,30,31). The van der Waals surface area contributed by atoms with Crippen molar-refractivity contribution in [1.82, 2.24) is 9.55 Å². The molecule has 0 bridgehead atoms. The van der Waals surface area contributed by atoms with Crippen molar-refractivity contribution in [2.45, 2.75) is 19.4 Å². The summed E-state index contributed by atoms with van der Waals surface area (Å²) in [5.41, 5.74) is 3.83. The van der Waals surface area contributed by atoms with E-state index < -0.39 is 12.0 Å². The molecule has 0 saturated carbocycles. The molecule has 2 N–H and O–H groups in total. The molecule has 7 nitrogen and oxygen atoms in total. The number of hydrogen-bond acceptors (Lipinski definition) is 4. The number of hydrogen-bond donors (Lipinski definition) is 2. The molecule has 1 aromatic heterocycles. The Bertz CT molecular complexity index is 1290. The maximum atomic E-state index is 12.6. The average Bonchev–Trinajstić information content (AvgIpc) is 3.21. The fourth-order valence-corrected chi connectivity index (χ4v) is 3.63. The van der Waals surface area contributed by atoms with Crippen LogP contribution >= 0.6 is 0 Å². The normalized spacial score (nSPS) is 11.8. The van der Waals surface area contributed by atoms with Crippen LogP contribution in [0, 0.1) is 0 Å². The molecule has 3 aromatic carbocycles. The highest BCUT2D eigenvalue weighted by atomic mass is 16.4. The Kier molecular flexibility index (Phi) is 5.81. The number of Topliss-reactive ketones (excluding diaryl/α,β-unsaturated/α-hetero) is 1. The first-order valence-electron chi connectivity index (χ1n) is 10.1. The summed E-state index contributed by atoms with van der Waals surface area (Å²) in [5.74, 6) is -1.26. The highest BCUT2D eigenvalue weighted by Crippen LogP contribution is 2.28. The first-order valence-corrected chi connectivity index (χ1v) is 10.1. The summed E-state index contributed by atoms with van der Waals surface area (Å²) >= 11 is 0. The van der Waals surface area contributed by atoms with Gasteiger partial charge in [0.05, 0.1) is 29.8 Å². The minimum absolute atomic E-state index is 0.0605. The van der Waals surface area contributed by atoms with E-state index in [1.165, 1.54) is 6.92 Å². The molecule has 4 aromatic rings. The fourth-order valence-electron chi connectivity index (χ4n) is 3.63. The maximum absolute atomic E-state index is 12.6. The Balaban J connectivity index is 1.60. The number of amides is 1. The molecule has 4 rings (SSSR count). The summed E-state index contributed by atoms with van der Waals surface area (Å²) in [6.07, 6.45) is 1.54. The third kappa shape index (κ3) is 4.41. The smallest absolute Gasteiger partial charge is 0.305 e. The quantitative estimate of drug-likeness (QED) is 0.421. The topological polar surface area (TPSA) is 101 Å². The van der Waals surface area contributed by atoms with E-state index in [2.05, 4.69) is 10.3 Å². The van der Waals surface area contributed by atoms with Crippen molar-refractivity contribution >= 4 is 34.4 Å². The van der Waals surface area contributed by atoms with Gasteiger partial charge in [0.2, 0.25) is 0 Å². The molecule has 0 aliphatic heterocycles. The van der Waals surface area contributed by atoms with Gasteiger partial charge >= 0.3 is 5.97 Å². The van der Waals surface area contributed by atoms with Crippen molar-refractivity contribution in [1.29, 1.82) is 0 Å². The first kappa shape index (κ1) is 21.0. The number of carbonyl (C=O) groups excluding carboxylic acids is 2. The van der Waals surface area contributed by atoms with E-state index in [1.807, 2.05) is 41.0 Å². The Morgan fingerprint density at radius 3 is 2.31 bits per heavy atom. The van der Waals surface area contributed by atoms with Gasteiger partial charge in [-0.2, -0.15) is 0 Å². The lowest BCUT2D eigenvalue weighted by molar-refractivity contribution is -0.137.